The number of nitrogens with zero attached hydrogens (tertiary/aromatic N) is 4. The lowest BCUT2D eigenvalue weighted by molar-refractivity contribution is -0.138. The van der Waals surface area contributed by atoms with E-state index in [4.69, 9.17) is 10.6 Å². The molecule has 1 aromatic carbocycles. The van der Waals surface area contributed by atoms with E-state index in [2.05, 4.69) is 26.0 Å². The second-order valence-electron chi connectivity index (χ2n) is 8.59. The SMILES string of the molecule is [N-]=[N+]=Nc1c(F)c(F)c(CN(CCNC(=O)CCCCC2SCC3NC(=O)NC32)CC(=O)O)c(F)c1F. The lowest BCUT2D eigenvalue weighted by Crippen LogP contribution is -2.38. The van der Waals surface area contributed by atoms with Gasteiger partial charge in [-0.3, -0.25) is 14.5 Å². The second kappa shape index (κ2) is 12.8. The Morgan fingerprint density at radius 2 is 1.86 bits per heavy atom. The number of azide groups is 1. The van der Waals surface area contributed by atoms with Crippen LogP contribution < -0.4 is 16.0 Å². The molecule has 202 valence electrons. The van der Waals surface area contributed by atoms with Crippen molar-refractivity contribution in [1.29, 1.82) is 0 Å². The van der Waals surface area contributed by atoms with Crippen molar-refractivity contribution in [2.24, 2.45) is 5.11 Å². The van der Waals surface area contributed by atoms with Crippen molar-refractivity contribution >= 4 is 35.4 Å². The van der Waals surface area contributed by atoms with Crippen LogP contribution in [0.3, 0.4) is 0 Å². The van der Waals surface area contributed by atoms with Crippen molar-refractivity contribution in [3.05, 3.63) is 39.3 Å². The zero-order valence-corrected chi connectivity index (χ0v) is 20.3. The fourth-order valence-corrected chi connectivity index (χ4v) is 5.83. The van der Waals surface area contributed by atoms with Gasteiger partial charge in [-0.15, -0.1) is 0 Å². The number of halogens is 4. The number of rotatable bonds is 13. The topological polar surface area (TPSA) is 160 Å². The Morgan fingerprint density at radius 1 is 1.16 bits per heavy atom. The summed E-state index contributed by atoms with van der Waals surface area (Å²) in [6.45, 7) is -1.77. The highest BCUT2D eigenvalue weighted by Gasteiger charge is 2.42. The van der Waals surface area contributed by atoms with Gasteiger partial charge in [0.1, 0.15) is 5.69 Å². The number of thioether (sulfide) groups is 1. The number of carbonyl (C=O) groups is 3. The molecule has 2 heterocycles. The lowest BCUT2D eigenvalue weighted by atomic mass is 10.0. The van der Waals surface area contributed by atoms with Crippen LogP contribution in [0, 0.1) is 23.3 Å². The average molecular weight is 548 g/mol. The van der Waals surface area contributed by atoms with Crippen LogP contribution in [0.4, 0.5) is 28.0 Å². The first-order valence-corrected chi connectivity index (χ1v) is 12.5. The van der Waals surface area contributed by atoms with Gasteiger partial charge in [-0.1, -0.05) is 11.5 Å². The van der Waals surface area contributed by atoms with E-state index < -0.39 is 53.6 Å². The molecule has 0 radical (unpaired) electrons. The number of urea groups is 1. The van der Waals surface area contributed by atoms with E-state index >= 15 is 0 Å². The molecular formula is C21H25F4N7O4S. The first-order chi connectivity index (χ1) is 17.6. The van der Waals surface area contributed by atoms with E-state index in [1.165, 1.54) is 0 Å². The van der Waals surface area contributed by atoms with Crippen LogP contribution in [-0.4, -0.2) is 70.6 Å². The van der Waals surface area contributed by atoms with Crippen LogP contribution in [0.2, 0.25) is 0 Å². The van der Waals surface area contributed by atoms with Gasteiger partial charge in [0, 0.05) is 47.5 Å². The Balaban J connectivity index is 1.47. The highest BCUT2D eigenvalue weighted by Crippen LogP contribution is 2.33. The first kappa shape index (κ1) is 28.3. The van der Waals surface area contributed by atoms with E-state index in [1.54, 1.807) is 11.8 Å². The van der Waals surface area contributed by atoms with Gasteiger partial charge in [-0.05, 0) is 18.4 Å². The monoisotopic (exact) mass is 547 g/mol. The predicted octanol–water partition coefficient (Wildman–Crippen LogP) is 2.91. The van der Waals surface area contributed by atoms with Crippen LogP contribution >= 0.6 is 11.8 Å². The van der Waals surface area contributed by atoms with Crippen molar-refractivity contribution in [1.82, 2.24) is 20.9 Å². The molecule has 4 N–H and O–H groups in total. The Morgan fingerprint density at radius 3 is 2.51 bits per heavy atom. The smallest absolute Gasteiger partial charge is 0.317 e. The number of carbonyl (C=O) groups excluding carboxylic acids is 2. The normalized spacial score (nSPS) is 20.2. The summed E-state index contributed by atoms with van der Waals surface area (Å²) in [6.07, 6.45) is 2.38. The molecule has 2 fully saturated rings. The fourth-order valence-electron chi connectivity index (χ4n) is 4.28. The minimum atomic E-state index is -1.90. The summed E-state index contributed by atoms with van der Waals surface area (Å²) in [7, 11) is 0. The van der Waals surface area contributed by atoms with Crippen LogP contribution in [0.5, 0.6) is 0 Å². The van der Waals surface area contributed by atoms with Gasteiger partial charge in [0.2, 0.25) is 5.91 Å². The van der Waals surface area contributed by atoms with Crippen LogP contribution in [0.15, 0.2) is 5.11 Å². The number of nitrogens with one attached hydrogen (secondary N) is 3. The van der Waals surface area contributed by atoms with Crippen molar-refractivity contribution < 1.29 is 37.1 Å². The summed E-state index contributed by atoms with van der Waals surface area (Å²) in [5.74, 6) is -8.23. The third kappa shape index (κ3) is 7.17. The maximum atomic E-state index is 14.3. The fraction of sp³-hybridized carbons (Fsp3) is 0.571. The second-order valence-corrected chi connectivity index (χ2v) is 9.87. The number of carboxylic acid groups (broad SMARTS) is 1. The van der Waals surface area contributed by atoms with E-state index in [0.29, 0.717) is 6.42 Å². The number of aliphatic carboxylic acids is 1. The number of amides is 3. The molecule has 37 heavy (non-hydrogen) atoms. The van der Waals surface area contributed by atoms with Crippen LogP contribution in [0.25, 0.3) is 10.4 Å². The Hall–Kier alpha value is -3.23. The molecule has 1 aromatic rings. The molecule has 3 unspecified atom stereocenters. The number of benzene rings is 1. The summed E-state index contributed by atoms with van der Waals surface area (Å²) in [5.41, 5.74) is 5.79. The molecule has 0 bridgehead atoms. The molecule has 3 rings (SSSR count). The predicted molar refractivity (Wildman–Crippen MR) is 125 cm³/mol. The molecule has 0 aliphatic carbocycles. The maximum Gasteiger partial charge on any atom is 0.317 e. The third-order valence-corrected chi connectivity index (χ3v) is 7.56. The molecule has 2 saturated heterocycles. The van der Waals surface area contributed by atoms with E-state index in [-0.39, 0.29) is 48.8 Å². The average Bonchev–Trinajstić information content (AvgIpc) is 3.39. The molecule has 0 saturated carbocycles. The zero-order valence-electron chi connectivity index (χ0n) is 19.5. The standard InChI is InChI=1S/C21H25F4N7O4S/c22-15-10(16(23)18(25)20(17(15)24)30-31-26)7-32(8-14(34)35)6-5-27-13(33)4-2-1-3-12-19-11(9-37-12)28-21(36)29-19/h11-12,19H,1-9H2,(H,27,33)(H,34,35)(H2,28,29,36). The lowest BCUT2D eigenvalue weighted by Gasteiger charge is -2.21. The van der Waals surface area contributed by atoms with Gasteiger partial charge < -0.3 is 21.1 Å². The van der Waals surface area contributed by atoms with Crippen LogP contribution in [-0.2, 0) is 16.1 Å². The Kier molecular flexibility index (Phi) is 9.83. The van der Waals surface area contributed by atoms with Gasteiger partial charge in [-0.25, -0.2) is 22.4 Å². The van der Waals surface area contributed by atoms with Crippen molar-refractivity contribution in [2.75, 3.05) is 25.4 Å². The number of carboxylic acids is 1. The van der Waals surface area contributed by atoms with Gasteiger partial charge in [0.15, 0.2) is 23.3 Å². The van der Waals surface area contributed by atoms with Crippen molar-refractivity contribution in [3.8, 4) is 0 Å². The van der Waals surface area contributed by atoms with E-state index in [1.807, 2.05) is 0 Å². The summed E-state index contributed by atoms with van der Waals surface area (Å²) in [6, 6.07) is 0.0412. The van der Waals surface area contributed by atoms with Gasteiger partial charge in [0.05, 0.1) is 18.6 Å². The van der Waals surface area contributed by atoms with E-state index in [0.717, 1.165) is 23.5 Å². The van der Waals surface area contributed by atoms with Gasteiger partial charge in [0.25, 0.3) is 0 Å². The summed E-state index contributed by atoms with van der Waals surface area (Å²) in [5, 5.41) is 20.3. The number of fused-ring (bicyclic) bond motifs is 1. The highest BCUT2D eigenvalue weighted by atomic mass is 32.2. The third-order valence-electron chi connectivity index (χ3n) is 6.05. The summed E-state index contributed by atoms with van der Waals surface area (Å²) < 4.78 is 56.7. The van der Waals surface area contributed by atoms with Crippen molar-refractivity contribution in [3.63, 3.8) is 0 Å². The Bertz CT molecular complexity index is 1080. The van der Waals surface area contributed by atoms with Crippen LogP contribution in [0.1, 0.15) is 31.2 Å². The maximum absolute atomic E-state index is 14.3. The Labute approximate surface area is 213 Å². The number of hydrogen-bond acceptors (Lipinski definition) is 6. The molecule has 0 aromatic heterocycles. The summed E-state index contributed by atoms with van der Waals surface area (Å²) in [4.78, 5) is 37.9. The molecule has 11 nitrogen and oxygen atoms in total. The van der Waals surface area contributed by atoms with Gasteiger partial charge in [-0.2, -0.15) is 11.8 Å². The first-order valence-electron chi connectivity index (χ1n) is 11.4. The number of hydrogen-bond donors (Lipinski definition) is 4. The highest BCUT2D eigenvalue weighted by molar-refractivity contribution is 8.00. The largest absolute Gasteiger partial charge is 0.480 e. The van der Waals surface area contributed by atoms with Gasteiger partial charge >= 0.3 is 12.0 Å². The molecule has 0 spiro atoms. The van der Waals surface area contributed by atoms with Crippen molar-refractivity contribution in [2.45, 2.75) is 49.6 Å². The minimum absolute atomic E-state index is 0.0724. The van der Waals surface area contributed by atoms with E-state index in [9.17, 15) is 31.9 Å². The molecule has 2 aliphatic rings. The quantitative estimate of drug-likeness (QED) is 0.0565. The molecule has 16 heteroatoms. The number of unbranched alkanes of at least 4 members (excludes halogenated alkanes) is 1. The molecular weight excluding hydrogens is 522 g/mol. The molecule has 3 atom stereocenters. The minimum Gasteiger partial charge on any atom is -0.480 e. The zero-order chi connectivity index (χ0) is 27.1. The molecule has 3 amide bonds. The summed E-state index contributed by atoms with van der Waals surface area (Å²) >= 11 is 1.77. The molecule has 2 aliphatic heterocycles.